The first-order valence-electron chi connectivity index (χ1n) is 6.36. The molecule has 2 N–H and O–H groups in total. The average Bonchev–Trinajstić information content (AvgIpc) is 2.38. The fraction of sp³-hybridized carbons (Fsp3) is 0.462. The lowest BCUT2D eigenvalue weighted by Gasteiger charge is -2.36. The molecule has 0 spiro atoms. The van der Waals surface area contributed by atoms with Gasteiger partial charge >= 0.3 is 0 Å². The molecule has 1 fully saturated rings. The standard InChI is InChI=1S/C13H18N2O4S/c1-10-12(13(14)16)15(7-8-19-10)20(17,18)9-11-5-3-2-4-6-11/h2-6,10,12H,7-9H2,1H3,(H2,14,16)/t10-,12+/m1/s1. The van der Waals surface area contributed by atoms with Gasteiger partial charge in [0.05, 0.1) is 18.5 Å². The van der Waals surface area contributed by atoms with Crippen LogP contribution in [0, 0.1) is 0 Å². The number of hydrogen-bond donors (Lipinski definition) is 1. The number of ether oxygens (including phenoxy) is 1. The number of carbonyl (C=O) groups excluding carboxylic acids is 1. The number of sulfonamides is 1. The monoisotopic (exact) mass is 298 g/mol. The first-order chi connectivity index (χ1) is 9.42. The maximum Gasteiger partial charge on any atom is 0.238 e. The van der Waals surface area contributed by atoms with Crippen LogP contribution in [0.1, 0.15) is 12.5 Å². The minimum absolute atomic E-state index is 0.146. The Balaban J connectivity index is 2.25. The number of amides is 1. The smallest absolute Gasteiger partial charge is 0.238 e. The van der Waals surface area contributed by atoms with Crippen molar-refractivity contribution >= 4 is 15.9 Å². The van der Waals surface area contributed by atoms with Gasteiger partial charge < -0.3 is 10.5 Å². The van der Waals surface area contributed by atoms with Gasteiger partial charge in [-0.15, -0.1) is 0 Å². The molecule has 20 heavy (non-hydrogen) atoms. The van der Waals surface area contributed by atoms with Gasteiger partial charge in [0.1, 0.15) is 6.04 Å². The van der Waals surface area contributed by atoms with E-state index in [2.05, 4.69) is 0 Å². The Kier molecular flexibility index (Phi) is 4.42. The molecule has 1 heterocycles. The van der Waals surface area contributed by atoms with Crippen LogP contribution in [0.2, 0.25) is 0 Å². The van der Waals surface area contributed by atoms with Crippen LogP contribution < -0.4 is 5.73 Å². The molecular formula is C13H18N2O4S. The van der Waals surface area contributed by atoms with Crippen molar-refractivity contribution in [2.75, 3.05) is 13.2 Å². The highest BCUT2D eigenvalue weighted by Crippen LogP contribution is 2.20. The summed E-state index contributed by atoms with van der Waals surface area (Å²) in [7, 11) is -3.61. The van der Waals surface area contributed by atoms with Crippen molar-refractivity contribution in [1.29, 1.82) is 0 Å². The first-order valence-corrected chi connectivity index (χ1v) is 7.97. The van der Waals surface area contributed by atoms with Crippen molar-refractivity contribution in [2.24, 2.45) is 5.73 Å². The molecule has 0 aliphatic carbocycles. The van der Waals surface area contributed by atoms with Crippen molar-refractivity contribution < 1.29 is 17.9 Å². The van der Waals surface area contributed by atoms with E-state index < -0.39 is 28.1 Å². The fourth-order valence-electron chi connectivity index (χ4n) is 2.35. The maximum absolute atomic E-state index is 12.5. The van der Waals surface area contributed by atoms with Gasteiger partial charge in [0.15, 0.2) is 0 Å². The van der Waals surface area contributed by atoms with E-state index in [1.807, 2.05) is 6.07 Å². The second kappa shape index (κ2) is 5.90. The van der Waals surface area contributed by atoms with E-state index in [1.165, 1.54) is 0 Å². The highest BCUT2D eigenvalue weighted by Gasteiger charge is 2.40. The van der Waals surface area contributed by atoms with Gasteiger partial charge in [-0.05, 0) is 12.5 Å². The molecule has 0 unspecified atom stereocenters. The molecule has 1 aromatic carbocycles. The molecule has 0 bridgehead atoms. The van der Waals surface area contributed by atoms with Crippen LogP contribution in [0.5, 0.6) is 0 Å². The highest BCUT2D eigenvalue weighted by molar-refractivity contribution is 7.88. The predicted molar refractivity (Wildman–Crippen MR) is 74.2 cm³/mol. The second-order valence-electron chi connectivity index (χ2n) is 4.78. The summed E-state index contributed by atoms with van der Waals surface area (Å²) < 4.78 is 31.4. The largest absolute Gasteiger partial charge is 0.375 e. The van der Waals surface area contributed by atoms with Gasteiger partial charge in [-0.3, -0.25) is 4.79 Å². The third-order valence-electron chi connectivity index (χ3n) is 3.29. The zero-order valence-electron chi connectivity index (χ0n) is 11.2. The Hall–Kier alpha value is -1.44. The van der Waals surface area contributed by atoms with Gasteiger partial charge in [0, 0.05) is 6.54 Å². The maximum atomic E-state index is 12.5. The van der Waals surface area contributed by atoms with E-state index in [9.17, 15) is 13.2 Å². The summed E-state index contributed by atoms with van der Waals surface area (Å²) in [4.78, 5) is 11.5. The molecule has 0 aromatic heterocycles. The summed E-state index contributed by atoms with van der Waals surface area (Å²) in [6, 6.07) is 7.90. The Morgan fingerprint density at radius 3 is 2.65 bits per heavy atom. The van der Waals surface area contributed by atoms with Gasteiger partial charge in [-0.2, -0.15) is 4.31 Å². The first kappa shape index (κ1) is 15.0. The van der Waals surface area contributed by atoms with Gasteiger partial charge in [0.2, 0.25) is 15.9 Å². The quantitative estimate of drug-likeness (QED) is 0.853. The molecule has 1 aliphatic rings. The molecule has 1 amide bonds. The molecule has 1 saturated heterocycles. The van der Waals surface area contributed by atoms with Crippen molar-refractivity contribution in [2.45, 2.75) is 24.8 Å². The third kappa shape index (κ3) is 3.17. The third-order valence-corrected chi connectivity index (χ3v) is 5.11. The SMILES string of the molecule is C[C@H]1OCCN(S(=O)(=O)Cc2ccccc2)[C@@H]1C(N)=O. The molecule has 6 nitrogen and oxygen atoms in total. The van der Waals surface area contributed by atoms with Crippen LogP contribution in [0.3, 0.4) is 0 Å². The molecule has 2 rings (SSSR count). The molecular weight excluding hydrogens is 280 g/mol. The topological polar surface area (TPSA) is 89.7 Å². The lowest BCUT2D eigenvalue weighted by atomic mass is 10.1. The fourth-order valence-corrected chi connectivity index (χ4v) is 4.10. The van der Waals surface area contributed by atoms with Gasteiger partial charge in [-0.25, -0.2) is 8.42 Å². The lowest BCUT2D eigenvalue weighted by Crippen LogP contribution is -2.58. The molecule has 1 aromatic rings. The number of benzene rings is 1. The van der Waals surface area contributed by atoms with Crippen LogP contribution in [-0.2, 0) is 25.3 Å². The van der Waals surface area contributed by atoms with Crippen molar-refractivity contribution in [3.05, 3.63) is 35.9 Å². The lowest BCUT2D eigenvalue weighted by molar-refractivity contribution is -0.130. The minimum Gasteiger partial charge on any atom is -0.375 e. The summed E-state index contributed by atoms with van der Waals surface area (Å²) >= 11 is 0. The number of primary amides is 1. The Morgan fingerprint density at radius 2 is 2.05 bits per heavy atom. The molecule has 7 heteroatoms. The average molecular weight is 298 g/mol. The molecule has 0 radical (unpaired) electrons. The van der Waals surface area contributed by atoms with Crippen LogP contribution in [0.4, 0.5) is 0 Å². The Labute approximate surface area is 118 Å². The Morgan fingerprint density at radius 1 is 1.40 bits per heavy atom. The predicted octanol–water partition coefficient (Wildman–Crippen LogP) is 0.0910. The second-order valence-corrected chi connectivity index (χ2v) is 6.70. The van der Waals surface area contributed by atoms with Gasteiger partial charge in [-0.1, -0.05) is 30.3 Å². The molecule has 110 valence electrons. The van der Waals surface area contributed by atoms with Crippen LogP contribution in [0.25, 0.3) is 0 Å². The van der Waals surface area contributed by atoms with E-state index >= 15 is 0 Å². The molecule has 2 atom stereocenters. The number of morpholine rings is 1. The highest BCUT2D eigenvalue weighted by atomic mass is 32.2. The van der Waals surface area contributed by atoms with E-state index in [0.29, 0.717) is 5.56 Å². The van der Waals surface area contributed by atoms with Crippen molar-refractivity contribution in [3.63, 3.8) is 0 Å². The summed E-state index contributed by atoms with van der Waals surface area (Å²) in [5.41, 5.74) is 5.99. The van der Waals surface area contributed by atoms with Crippen LogP contribution in [0.15, 0.2) is 30.3 Å². The zero-order chi connectivity index (χ0) is 14.8. The number of nitrogens with zero attached hydrogens (tertiary/aromatic N) is 1. The molecule has 0 saturated carbocycles. The zero-order valence-corrected chi connectivity index (χ0v) is 12.0. The molecule has 1 aliphatic heterocycles. The number of hydrogen-bond acceptors (Lipinski definition) is 4. The summed E-state index contributed by atoms with van der Waals surface area (Å²) in [6.07, 6.45) is -0.535. The van der Waals surface area contributed by atoms with E-state index in [-0.39, 0.29) is 18.9 Å². The van der Waals surface area contributed by atoms with Crippen molar-refractivity contribution in [1.82, 2.24) is 4.31 Å². The number of carbonyl (C=O) groups is 1. The number of rotatable bonds is 4. The van der Waals surface area contributed by atoms with E-state index in [4.69, 9.17) is 10.5 Å². The summed E-state index contributed by atoms with van der Waals surface area (Å²) in [5, 5.41) is 0. The normalized spacial score (nSPS) is 24.4. The van der Waals surface area contributed by atoms with Crippen molar-refractivity contribution in [3.8, 4) is 0 Å². The van der Waals surface area contributed by atoms with Gasteiger partial charge in [0.25, 0.3) is 0 Å². The minimum atomic E-state index is -3.61. The van der Waals surface area contributed by atoms with Crippen LogP contribution >= 0.6 is 0 Å². The van der Waals surface area contributed by atoms with E-state index in [0.717, 1.165) is 4.31 Å². The Bertz CT molecular complexity index is 573. The number of nitrogens with two attached hydrogens (primary N) is 1. The summed E-state index contributed by atoms with van der Waals surface area (Å²) in [5.74, 6) is -0.835. The van der Waals surface area contributed by atoms with Crippen LogP contribution in [-0.4, -0.2) is 43.9 Å². The van der Waals surface area contributed by atoms with E-state index in [1.54, 1.807) is 31.2 Å². The summed E-state index contributed by atoms with van der Waals surface area (Å²) in [6.45, 7) is 2.06.